The fraction of sp³-hybridized carbons (Fsp3) is 0.462. The van der Waals surface area contributed by atoms with Crippen LogP contribution in [0.25, 0.3) is 0 Å². The lowest BCUT2D eigenvalue weighted by molar-refractivity contribution is 0.104. The van der Waals surface area contributed by atoms with Crippen LogP contribution in [0, 0.1) is 5.92 Å². The SMILES string of the molecule is CCCCCCC/C=C/[C@@H](OC)[C@H](C)CP(c1ccccc1)c1ccccc1. The average Bonchev–Trinajstić information content (AvgIpc) is 2.75. The van der Waals surface area contributed by atoms with E-state index in [1.807, 2.05) is 7.11 Å². The molecule has 0 bridgehead atoms. The Balaban J connectivity index is 1.98. The van der Waals surface area contributed by atoms with Crippen LogP contribution < -0.4 is 10.6 Å². The standard InChI is InChI=1S/C26H37OP/c1-4-5-6-7-8-9-16-21-26(27-3)23(2)22-28(24-17-12-10-13-18-24)25-19-14-11-15-20-25/h10-21,23,26H,4-9,22H2,1-3H3/b21-16+/t23-,26-/m1/s1. The van der Waals surface area contributed by atoms with Crippen LogP contribution in [0.3, 0.4) is 0 Å². The molecule has 0 unspecified atom stereocenters. The Bertz CT molecular complexity index is 613. The third-order valence-electron chi connectivity index (χ3n) is 5.24. The van der Waals surface area contributed by atoms with E-state index < -0.39 is 0 Å². The second kappa shape index (κ2) is 13.7. The van der Waals surface area contributed by atoms with Crippen molar-refractivity contribution >= 4 is 18.5 Å². The third-order valence-corrected chi connectivity index (χ3v) is 8.02. The molecule has 152 valence electrons. The van der Waals surface area contributed by atoms with E-state index >= 15 is 0 Å². The van der Waals surface area contributed by atoms with Gasteiger partial charge in [-0.05, 0) is 43.5 Å². The monoisotopic (exact) mass is 396 g/mol. The van der Waals surface area contributed by atoms with E-state index in [0.29, 0.717) is 5.92 Å². The lowest BCUT2D eigenvalue weighted by atomic mass is 10.1. The molecule has 0 aliphatic heterocycles. The predicted molar refractivity (Wildman–Crippen MR) is 126 cm³/mol. The summed E-state index contributed by atoms with van der Waals surface area (Å²) < 4.78 is 5.85. The van der Waals surface area contributed by atoms with E-state index in [2.05, 4.69) is 86.7 Å². The van der Waals surface area contributed by atoms with Crippen molar-refractivity contribution in [2.75, 3.05) is 13.3 Å². The van der Waals surface area contributed by atoms with Gasteiger partial charge in [0.1, 0.15) is 0 Å². The Morgan fingerprint density at radius 2 is 1.43 bits per heavy atom. The lowest BCUT2D eigenvalue weighted by Crippen LogP contribution is -2.25. The first-order valence-corrected chi connectivity index (χ1v) is 12.4. The molecule has 2 aromatic rings. The van der Waals surface area contributed by atoms with Gasteiger partial charge in [-0.25, -0.2) is 0 Å². The minimum Gasteiger partial charge on any atom is -0.377 e. The number of rotatable bonds is 13. The van der Waals surface area contributed by atoms with Gasteiger partial charge in [-0.2, -0.15) is 0 Å². The first-order chi connectivity index (χ1) is 13.8. The minimum absolute atomic E-state index is 0.188. The largest absolute Gasteiger partial charge is 0.377 e. The highest BCUT2D eigenvalue weighted by Gasteiger charge is 2.21. The van der Waals surface area contributed by atoms with Gasteiger partial charge in [-0.15, -0.1) is 0 Å². The molecule has 2 atom stereocenters. The Hall–Kier alpha value is -1.43. The van der Waals surface area contributed by atoms with Crippen LogP contribution in [0.15, 0.2) is 72.8 Å². The summed E-state index contributed by atoms with van der Waals surface area (Å²) in [5.41, 5.74) is 0. The van der Waals surface area contributed by atoms with Crippen LogP contribution in [0.2, 0.25) is 0 Å². The highest BCUT2D eigenvalue weighted by molar-refractivity contribution is 7.73. The van der Waals surface area contributed by atoms with Crippen molar-refractivity contribution in [3.63, 3.8) is 0 Å². The van der Waals surface area contributed by atoms with Gasteiger partial charge in [0.15, 0.2) is 0 Å². The molecule has 0 N–H and O–H groups in total. The molecule has 2 aromatic carbocycles. The van der Waals surface area contributed by atoms with E-state index in [4.69, 9.17) is 4.74 Å². The topological polar surface area (TPSA) is 9.23 Å². The predicted octanol–water partition coefficient (Wildman–Crippen LogP) is 6.69. The zero-order valence-corrected chi connectivity index (χ0v) is 18.8. The molecule has 0 aliphatic rings. The summed E-state index contributed by atoms with van der Waals surface area (Å²) in [6.45, 7) is 4.60. The maximum atomic E-state index is 5.85. The molecule has 2 heteroatoms. The van der Waals surface area contributed by atoms with Crippen LogP contribution in [-0.4, -0.2) is 19.4 Å². The summed E-state index contributed by atoms with van der Waals surface area (Å²) in [5.74, 6) is 0.480. The van der Waals surface area contributed by atoms with Gasteiger partial charge >= 0.3 is 0 Å². The van der Waals surface area contributed by atoms with Crippen molar-refractivity contribution in [3.8, 4) is 0 Å². The molecule has 0 aromatic heterocycles. The van der Waals surface area contributed by atoms with Gasteiger partial charge in [-0.1, -0.05) is 112 Å². The number of ether oxygens (including phenoxy) is 1. The highest BCUT2D eigenvalue weighted by Crippen LogP contribution is 2.37. The van der Waals surface area contributed by atoms with Crippen LogP contribution in [-0.2, 0) is 4.74 Å². The van der Waals surface area contributed by atoms with Crippen LogP contribution in [0.1, 0.15) is 52.4 Å². The van der Waals surface area contributed by atoms with E-state index in [-0.39, 0.29) is 14.0 Å². The van der Waals surface area contributed by atoms with E-state index in [0.717, 1.165) is 6.16 Å². The Kier molecular flexibility index (Phi) is 11.2. The molecule has 1 nitrogen and oxygen atoms in total. The lowest BCUT2D eigenvalue weighted by Gasteiger charge is -2.26. The van der Waals surface area contributed by atoms with E-state index in [1.54, 1.807) is 0 Å². The number of hydrogen-bond donors (Lipinski definition) is 0. The maximum absolute atomic E-state index is 5.85. The van der Waals surface area contributed by atoms with Gasteiger partial charge < -0.3 is 4.74 Å². The molecule has 0 saturated heterocycles. The minimum atomic E-state index is -0.371. The van der Waals surface area contributed by atoms with Gasteiger partial charge in [0.25, 0.3) is 0 Å². The summed E-state index contributed by atoms with van der Waals surface area (Å²) in [6.07, 6.45) is 13.8. The van der Waals surface area contributed by atoms with Crippen molar-refractivity contribution in [3.05, 3.63) is 72.8 Å². The maximum Gasteiger partial charge on any atom is 0.0781 e. The number of unbranched alkanes of at least 4 members (excludes halogenated alkanes) is 5. The molecule has 28 heavy (non-hydrogen) atoms. The Morgan fingerprint density at radius 1 is 0.857 bits per heavy atom. The summed E-state index contributed by atoms with van der Waals surface area (Å²) >= 11 is 0. The summed E-state index contributed by atoms with van der Waals surface area (Å²) in [6, 6.07) is 21.9. The molecule has 0 heterocycles. The number of allylic oxidation sites excluding steroid dienone is 1. The van der Waals surface area contributed by atoms with Gasteiger partial charge in [0, 0.05) is 7.11 Å². The second-order valence-corrected chi connectivity index (χ2v) is 9.84. The smallest absolute Gasteiger partial charge is 0.0781 e. The first-order valence-electron chi connectivity index (χ1n) is 10.8. The fourth-order valence-electron chi connectivity index (χ4n) is 3.56. The zero-order chi connectivity index (χ0) is 20.0. The highest BCUT2D eigenvalue weighted by atomic mass is 31.1. The second-order valence-electron chi connectivity index (χ2n) is 7.59. The van der Waals surface area contributed by atoms with Crippen molar-refractivity contribution in [2.24, 2.45) is 5.92 Å². The quantitative estimate of drug-likeness (QED) is 0.208. The van der Waals surface area contributed by atoms with Crippen molar-refractivity contribution in [1.82, 2.24) is 0 Å². The summed E-state index contributed by atoms with van der Waals surface area (Å²) in [4.78, 5) is 0. The number of methoxy groups -OCH3 is 1. The van der Waals surface area contributed by atoms with Crippen LogP contribution >= 0.6 is 7.92 Å². The van der Waals surface area contributed by atoms with Crippen molar-refractivity contribution in [2.45, 2.75) is 58.5 Å². The Morgan fingerprint density at radius 3 is 1.96 bits per heavy atom. The van der Waals surface area contributed by atoms with Gasteiger partial charge in [0.2, 0.25) is 0 Å². The molecule has 0 aliphatic carbocycles. The first kappa shape index (κ1) is 22.9. The van der Waals surface area contributed by atoms with Crippen molar-refractivity contribution in [1.29, 1.82) is 0 Å². The molecular formula is C26H37OP. The molecular weight excluding hydrogens is 359 g/mol. The van der Waals surface area contributed by atoms with E-state index in [9.17, 15) is 0 Å². The molecule has 0 radical (unpaired) electrons. The zero-order valence-electron chi connectivity index (χ0n) is 17.9. The van der Waals surface area contributed by atoms with Crippen LogP contribution in [0.4, 0.5) is 0 Å². The molecule has 2 rings (SSSR count). The number of benzene rings is 2. The Labute approximate surface area is 174 Å². The third kappa shape index (κ3) is 7.90. The summed E-state index contributed by atoms with van der Waals surface area (Å²) in [5, 5.41) is 2.90. The average molecular weight is 397 g/mol. The van der Waals surface area contributed by atoms with E-state index in [1.165, 1.54) is 49.1 Å². The molecule has 0 saturated carbocycles. The van der Waals surface area contributed by atoms with Gasteiger partial charge in [-0.3, -0.25) is 0 Å². The number of hydrogen-bond acceptors (Lipinski definition) is 1. The summed E-state index contributed by atoms with van der Waals surface area (Å²) in [7, 11) is 1.48. The normalized spacial score (nSPS) is 13.9. The molecule has 0 amide bonds. The molecule has 0 spiro atoms. The molecule has 0 fully saturated rings. The van der Waals surface area contributed by atoms with Crippen molar-refractivity contribution < 1.29 is 4.74 Å². The van der Waals surface area contributed by atoms with Crippen LogP contribution in [0.5, 0.6) is 0 Å². The van der Waals surface area contributed by atoms with Gasteiger partial charge in [0.05, 0.1) is 6.10 Å². The fourth-order valence-corrected chi connectivity index (χ4v) is 6.13.